The summed E-state index contributed by atoms with van der Waals surface area (Å²) in [7, 11) is 0. The molecule has 3 rings (SSSR count). The molecule has 2 amide bonds. The van der Waals surface area contributed by atoms with Crippen molar-refractivity contribution in [1.82, 2.24) is 0 Å². The van der Waals surface area contributed by atoms with Gasteiger partial charge in [0, 0.05) is 4.47 Å². The number of aryl methyl sites for hydroxylation is 1. The first-order chi connectivity index (χ1) is 7.59. The standard InChI is InChI=1S/C12H10BrNO2/c1-6-2-3-10(9(13)4-6)14-11(15)7-5-8(7)12(14)16/h2-4,7-8H,5H2,1H3. The molecule has 0 spiro atoms. The van der Waals surface area contributed by atoms with Crippen molar-refractivity contribution in [2.45, 2.75) is 13.3 Å². The van der Waals surface area contributed by atoms with Gasteiger partial charge in [-0.2, -0.15) is 0 Å². The van der Waals surface area contributed by atoms with Crippen LogP contribution in [0.15, 0.2) is 22.7 Å². The van der Waals surface area contributed by atoms with Crippen LogP contribution in [0.5, 0.6) is 0 Å². The summed E-state index contributed by atoms with van der Waals surface area (Å²) < 4.78 is 0.801. The highest BCUT2D eigenvalue weighted by molar-refractivity contribution is 9.10. The van der Waals surface area contributed by atoms with Gasteiger partial charge in [0.2, 0.25) is 11.8 Å². The summed E-state index contributed by atoms with van der Waals surface area (Å²) in [5, 5.41) is 0. The number of rotatable bonds is 1. The highest BCUT2D eigenvalue weighted by atomic mass is 79.9. The Morgan fingerprint density at radius 1 is 1.25 bits per heavy atom. The lowest BCUT2D eigenvalue weighted by Crippen LogP contribution is -2.33. The van der Waals surface area contributed by atoms with E-state index in [0.717, 1.165) is 16.5 Å². The van der Waals surface area contributed by atoms with E-state index in [1.807, 2.05) is 25.1 Å². The molecule has 2 fully saturated rings. The zero-order valence-electron chi connectivity index (χ0n) is 8.74. The summed E-state index contributed by atoms with van der Waals surface area (Å²) in [5.41, 5.74) is 1.77. The van der Waals surface area contributed by atoms with Crippen molar-refractivity contribution in [3.63, 3.8) is 0 Å². The van der Waals surface area contributed by atoms with Crippen molar-refractivity contribution in [2.24, 2.45) is 11.8 Å². The molecule has 2 aliphatic rings. The average molecular weight is 280 g/mol. The predicted molar refractivity (Wildman–Crippen MR) is 63.0 cm³/mol. The Labute approximate surface area is 102 Å². The molecule has 0 N–H and O–H groups in total. The molecule has 1 heterocycles. The number of fused-ring (bicyclic) bond motifs is 1. The van der Waals surface area contributed by atoms with Crippen LogP contribution < -0.4 is 4.90 Å². The van der Waals surface area contributed by atoms with Crippen LogP contribution in [0.4, 0.5) is 5.69 Å². The molecular weight excluding hydrogens is 270 g/mol. The number of piperidine rings is 1. The van der Waals surface area contributed by atoms with Crippen LogP contribution in [-0.2, 0) is 9.59 Å². The van der Waals surface area contributed by atoms with Gasteiger partial charge in [0.05, 0.1) is 17.5 Å². The van der Waals surface area contributed by atoms with Crippen LogP contribution >= 0.6 is 15.9 Å². The molecular formula is C12H10BrNO2. The van der Waals surface area contributed by atoms with Gasteiger partial charge in [0.25, 0.3) is 0 Å². The Hall–Kier alpha value is -1.16. The number of carbonyl (C=O) groups excluding carboxylic acids is 2. The summed E-state index contributed by atoms with van der Waals surface area (Å²) in [6.07, 6.45) is 0.748. The van der Waals surface area contributed by atoms with Crippen LogP contribution in [0.1, 0.15) is 12.0 Å². The number of anilines is 1. The first kappa shape index (κ1) is 10.0. The number of carbonyl (C=O) groups is 2. The Bertz CT molecular complexity index is 492. The molecule has 1 aliphatic heterocycles. The number of hydrogen-bond donors (Lipinski definition) is 0. The maximum absolute atomic E-state index is 11.9. The molecule has 1 aliphatic carbocycles. The Morgan fingerprint density at radius 2 is 1.88 bits per heavy atom. The fourth-order valence-corrected chi connectivity index (χ4v) is 2.88. The Morgan fingerprint density at radius 3 is 2.44 bits per heavy atom. The lowest BCUT2D eigenvalue weighted by Gasteiger charge is -2.18. The molecule has 0 radical (unpaired) electrons. The van der Waals surface area contributed by atoms with Crippen LogP contribution in [0.3, 0.4) is 0 Å². The average Bonchev–Trinajstić information content (AvgIpc) is 2.96. The van der Waals surface area contributed by atoms with Crippen LogP contribution in [0, 0.1) is 18.8 Å². The van der Waals surface area contributed by atoms with Gasteiger partial charge in [0.1, 0.15) is 0 Å². The monoisotopic (exact) mass is 279 g/mol. The number of imide groups is 1. The third-order valence-electron chi connectivity index (χ3n) is 3.21. The first-order valence-electron chi connectivity index (χ1n) is 5.23. The minimum atomic E-state index is -0.0421. The number of amides is 2. The molecule has 1 aromatic rings. The van der Waals surface area contributed by atoms with E-state index < -0.39 is 0 Å². The second-order valence-electron chi connectivity index (χ2n) is 4.42. The van der Waals surface area contributed by atoms with E-state index in [2.05, 4.69) is 15.9 Å². The molecule has 82 valence electrons. The maximum atomic E-state index is 11.9. The summed E-state index contributed by atoms with van der Waals surface area (Å²) in [6.45, 7) is 1.97. The quantitative estimate of drug-likeness (QED) is 0.740. The van der Waals surface area contributed by atoms with Crippen molar-refractivity contribution in [3.05, 3.63) is 28.2 Å². The second-order valence-corrected chi connectivity index (χ2v) is 5.27. The van der Waals surface area contributed by atoms with Crippen molar-refractivity contribution in [1.29, 1.82) is 0 Å². The number of benzene rings is 1. The molecule has 3 nitrogen and oxygen atoms in total. The lowest BCUT2D eigenvalue weighted by molar-refractivity contribution is -0.123. The van der Waals surface area contributed by atoms with Gasteiger partial charge >= 0.3 is 0 Å². The summed E-state index contributed by atoms with van der Waals surface area (Å²) in [4.78, 5) is 25.1. The van der Waals surface area contributed by atoms with Gasteiger partial charge in [-0.3, -0.25) is 9.59 Å². The highest BCUT2D eigenvalue weighted by Crippen LogP contribution is 2.49. The van der Waals surface area contributed by atoms with E-state index in [-0.39, 0.29) is 23.7 Å². The van der Waals surface area contributed by atoms with E-state index >= 15 is 0 Å². The molecule has 4 heteroatoms. The molecule has 0 aromatic heterocycles. The summed E-state index contributed by atoms with van der Waals surface area (Å²) in [5.74, 6) is -0.166. The predicted octanol–water partition coefficient (Wildman–Crippen LogP) is 2.27. The van der Waals surface area contributed by atoms with Crippen molar-refractivity contribution in [3.8, 4) is 0 Å². The molecule has 16 heavy (non-hydrogen) atoms. The fourth-order valence-electron chi connectivity index (χ4n) is 2.21. The molecule has 2 atom stereocenters. The Balaban J connectivity index is 2.04. The fraction of sp³-hybridized carbons (Fsp3) is 0.333. The van der Waals surface area contributed by atoms with Gasteiger partial charge in [-0.05, 0) is 47.0 Å². The van der Waals surface area contributed by atoms with Gasteiger partial charge in [-0.25, -0.2) is 4.90 Å². The first-order valence-corrected chi connectivity index (χ1v) is 6.03. The lowest BCUT2D eigenvalue weighted by atomic mass is 10.2. The van der Waals surface area contributed by atoms with Gasteiger partial charge in [0.15, 0.2) is 0 Å². The minimum absolute atomic E-state index is 0.0410. The van der Waals surface area contributed by atoms with E-state index in [4.69, 9.17) is 0 Å². The molecule has 1 aromatic carbocycles. The van der Waals surface area contributed by atoms with Crippen LogP contribution in [0.25, 0.3) is 0 Å². The molecule has 2 unspecified atom stereocenters. The topological polar surface area (TPSA) is 37.4 Å². The third-order valence-corrected chi connectivity index (χ3v) is 3.84. The van der Waals surface area contributed by atoms with Crippen molar-refractivity contribution < 1.29 is 9.59 Å². The molecule has 1 saturated heterocycles. The number of nitrogens with zero attached hydrogens (tertiary/aromatic N) is 1. The maximum Gasteiger partial charge on any atom is 0.237 e. The van der Waals surface area contributed by atoms with Gasteiger partial charge in [-0.1, -0.05) is 6.07 Å². The largest absolute Gasteiger partial charge is 0.274 e. The summed E-state index contributed by atoms with van der Waals surface area (Å²) >= 11 is 3.40. The summed E-state index contributed by atoms with van der Waals surface area (Å²) in [6, 6.07) is 5.64. The van der Waals surface area contributed by atoms with Crippen molar-refractivity contribution >= 4 is 33.4 Å². The van der Waals surface area contributed by atoms with Gasteiger partial charge in [-0.15, -0.1) is 0 Å². The third kappa shape index (κ3) is 1.26. The van der Waals surface area contributed by atoms with E-state index in [1.54, 1.807) is 0 Å². The number of hydrogen-bond acceptors (Lipinski definition) is 2. The van der Waals surface area contributed by atoms with Crippen molar-refractivity contribution in [2.75, 3.05) is 4.90 Å². The Kier molecular flexibility index (Phi) is 1.98. The van der Waals surface area contributed by atoms with Crippen LogP contribution in [-0.4, -0.2) is 11.8 Å². The van der Waals surface area contributed by atoms with E-state index in [0.29, 0.717) is 5.69 Å². The van der Waals surface area contributed by atoms with Crippen LogP contribution in [0.2, 0.25) is 0 Å². The van der Waals surface area contributed by atoms with Gasteiger partial charge < -0.3 is 0 Å². The number of halogens is 1. The minimum Gasteiger partial charge on any atom is -0.274 e. The normalized spacial score (nSPS) is 27.2. The molecule has 0 bridgehead atoms. The van der Waals surface area contributed by atoms with E-state index in [9.17, 15) is 9.59 Å². The van der Waals surface area contributed by atoms with E-state index in [1.165, 1.54) is 4.90 Å². The zero-order valence-corrected chi connectivity index (χ0v) is 10.3. The molecule has 1 saturated carbocycles. The smallest absolute Gasteiger partial charge is 0.237 e. The highest BCUT2D eigenvalue weighted by Gasteiger charge is 2.59. The SMILES string of the molecule is Cc1ccc(N2C(=O)C3CC3C2=O)c(Br)c1. The second kappa shape index (κ2) is 3.17. The zero-order chi connectivity index (χ0) is 11.4.